The lowest BCUT2D eigenvalue weighted by molar-refractivity contribution is -0.114. The van der Waals surface area contributed by atoms with Gasteiger partial charge in [0.05, 0.1) is 11.0 Å². The highest BCUT2D eigenvalue weighted by molar-refractivity contribution is 5.87. The Hall–Kier alpha value is -4.66. The number of nitrogens with zero attached hydrogens (tertiary/aromatic N) is 4. The molecule has 0 spiro atoms. The Morgan fingerprint density at radius 3 is 2.65 bits per heavy atom. The molecule has 0 fully saturated rings. The van der Waals surface area contributed by atoms with Gasteiger partial charge in [0.25, 0.3) is 0 Å². The van der Waals surface area contributed by atoms with E-state index in [4.69, 9.17) is 14.2 Å². The highest BCUT2D eigenvalue weighted by Gasteiger charge is 2.18. The standard InChI is InChI=1S/C25H22N6O3/c1-15-23(24(30-34-15)17-7-5-4-6-8-17)29-25-28-20-13-18(9-10-21(20)31(25)3)33-19-11-12-26-22(14-19)27-16(2)32/h4-14H,1-3H3,(H,28,29)(H,26,27,32). The van der Waals surface area contributed by atoms with Crippen LogP contribution in [0.3, 0.4) is 0 Å². The number of hydrogen-bond donors (Lipinski definition) is 2. The molecule has 2 aromatic carbocycles. The van der Waals surface area contributed by atoms with Gasteiger partial charge in [-0.1, -0.05) is 35.5 Å². The zero-order valence-corrected chi connectivity index (χ0v) is 18.9. The Morgan fingerprint density at radius 1 is 1.06 bits per heavy atom. The third kappa shape index (κ3) is 4.18. The molecule has 5 aromatic rings. The summed E-state index contributed by atoms with van der Waals surface area (Å²) in [5.74, 6) is 2.71. The van der Waals surface area contributed by atoms with Crippen LogP contribution >= 0.6 is 0 Å². The Balaban J connectivity index is 1.43. The van der Waals surface area contributed by atoms with Gasteiger partial charge in [-0.05, 0) is 25.1 Å². The molecule has 0 aliphatic rings. The van der Waals surface area contributed by atoms with E-state index in [-0.39, 0.29) is 5.91 Å². The molecule has 34 heavy (non-hydrogen) atoms. The fourth-order valence-corrected chi connectivity index (χ4v) is 3.64. The summed E-state index contributed by atoms with van der Waals surface area (Å²) in [6, 6.07) is 18.9. The number of fused-ring (bicyclic) bond motifs is 1. The molecule has 0 aliphatic heterocycles. The molecule has 2 N–H and O–H groups in total. The molecule has 3 heterocycles. The minimum absolute atomic E-state index is 0.196. The molecule has 0 bridgehead atoms. The first-order valence-electron chi connectivity index (χ1n) is 10.6. The molecule has 1 amide bonds. The van der Waals surface area contributed by atoms with Crippen LogP contribution in [0.25, 0.3) is 22.3 Å². The van der Waals surface area contributed by atoms with Gasteiger partial charge in [0.15, 0.2) is 5.76 Å². The van der Waals surface area contributed by atoms with Crippen molar-refractivity contribution in [3.63, 3.8) is 0 Å². The monoisotopic (exact) mass is 454 g/mol. The van der Waals surface area contributed by atoms with Crippen molar-refractivity contribution in [2.45, 2.75) is 13.8 Å². The van der Waals surface area contributed by atoms with Crippen molar-refractivity contribution in [3.8, 4) is 22.8 Å². The van der Waals surface area contributed by atoms with E-state index in [0.717, 1.165) is 28.0 Å². The van der Waals surface area contributed by atoms with Gasteiger partial charge in [-0.2, -0.15) is 0 Å². The van der Waals surface area contributed by atoms with E-state index in [1.54, 1.807) is 18.3 Å². The second-order valence-corrected chi connectivity index (χ2v) is 7.76. The van der Waals surface area contributed by atoms with Gasteiger partial charge in [0, 0.05) is 37.9 Å². The van der Waals surface area contributed by atoms with Gasteiger partial charge in [-0.15, -0.1) is 0 Å². The number of pyridine rings is 1. The second kappa shape index (κ2) is 8.70. The smallest absolute Gasteiger partial charge is 0.222 e. The molecular formula is C25H22N6O3. The Kier molecular flexibility index (Phi) is 5.43. The molecule has 0 aliphatic carbocycles. The number of carbonyl (C=O) groups is 1. The summed E-state index contributed by atoms with van der Waals surface area (Å²) in [5.41, 5.74) is 4.13. The van der Waals surface area contributed by atoms with E-state index < -0.39 is 0 Å². The highest BCUT2D eigenvalue weighted by Crippen LogP contribution is 2.34. The predicted molar refractivity (Wildman–Crippen MR) is 129 cm³/mol. The number of imidazole rings is 1. The van der Waals surface area contributed by atoms with Crippen LogP contribution in [0.5, 0.6) is 11.5 Å². The van der Waals surface area contributed by atoms with Gasteiger partial charge >= 0.3 is 0 Å². The Labute approximate surface area is 195 Å². The Bertz CT molecular complexity index is 1490. The largest absolute Gasteiger partial charge is 0.457 e. The molecule has 9 nitrogen and oxygen atoms in total. The summed E-state index contributed by atoms with van der Waals surface area (Å²) >= 11 is 0. The minimum Gasteiger partial charge on any atom is -0.457 e. The summed E-state index contributed by atoms with van der Waals surface area (Å²) in [4.78, 5) is 20.1. The van der Waals surface area contributed by atoms with Crippen LogP contribution in [-0.2, 0) is 11.8 Å². The summed E-state index contributed by atoms with van der Waals surface area (Å²) < 4.78 is 13.4. The maximum Gasteiger partial charge on any atom is 0.222 e. The normalized spacial score (nSPS) is 10.9. The van der Waals surface area contributed by atoms with Crippen LogP contribution < -0.4 is 15.4 Å². The van der Waals surface area contributed by atoms with Crippen molar-refractivity contribution in [2.75, 3.05) is 10.6 Å². The summed E-state index contributed by atoms with van der Waals surface area (Å²) in [7, 11) is 1.94. The lowest BCUT2D eigenvalue weighted by atomic mass is 10.1. The predicted octanol–water partition coefficient (Wildman–Crippen LogP) is 5.43. The van der Waals surface area contributed by atoms with Crippen LogP contribution in [-0.4, -0.2) is 25.6 Å². The number of hydrogen-bond acceptors (Lipinski definition) is 7. The van der Waals surface area contributed by atoms with Crippen LogP contribution in [0.1, 0.15) is 12.7 Å². The average molecular weight is 454 g/mol. The molecule has 3 aromatic heterocycles. The molecule has 5 rings (SSSR count). The fourth-order valence-electron chi connectivity index (χ4n) is 3.64. The third-order valence-corrected chi connectivity index (χ3v) is 5.27. The van der Waals surface area contributed by atoms with Gasteiger partial charge in [0.1, 0.15) is 28.7 Å². The number of nitrogens with one attached hydrogen (secondary N) is 2. The number of anilines is 3. The van der Waals surface area contributed by atoms with Gasteiger partial charge in [-0.3, -0.25) is 4.79 Å². The van der Waals surface area contributed by atoms with E-state index in [9.17, 15) is 4.79 Å². The quantitative estimate of drug-likeness (QED) is 0.352. The number of benzene rings is 2. The molecule has 9 heteroatoms. The molecule has 0 unspecified atom stereocenters. The molecule has 0 saturated carbocycles. The van der Waals surface area contributed by atoms with E-state index in [1.807, 2.05) is 67.1 Å². The maximum absolute atomic E-state index is 11.3. The zero-order valence-electron chi connectivity index (χ0n) is 18.9. The van der Waals surface area contributed by atoms with Crippen molar-refractivity contribution in [1.29, 1.82) is 0 Å². The molecule has 0 saturated heterocycles. The van der Waals surface area contributed by atoms with Gasteiger partial charge in [0.2, 0.25) is 11.9 Å². The van der Waals surface area contributed by atoms with Gasteiger partial charge in [-0.25, -0.2) is 9.97 Å². The van der Waals surface area contributed by atoms with Crippen molar-refractivity contribution in [1.82, 2.24) is 19.7 Å². The number of aromatic nitrogens is 4. The van der Waals surface area contributed by atoms with E-state index >= 15 is 0 Å². The minimum atomic E-state index is -0.196. The zero-order chi connectivity index (χ0) is 23.7. The maximum atomic E-state index is 11.3. The number of aryl methyl sites for hydroxylation is 2. The first kappa shape index (κ1) is 21.2. The van der Waals surface area contributed by atoms with Gasteiger partial charge < -0.3 is 24.5 Å². The topological polar surface area (TPSA) is 107 Å². The lowest BCUT2D eigenvalue weighted by Crippen LogP contribution is -2.07. The second-order valence-electron chi connectivity index (χ2n) is 7.76. The molecule has 170 valence electrons. The number of ether oxygens (including phenoxy) is 1. The highest BCUT2D eigenvalue weighted by atomic mass is 16.5. The molecular weight excluding hydrogens is 432 g/mol. The molecule has 0 atom stereocenters. The van der Waals surface area contributed by atoms with Crippen molar-refractivity contribution < 1.29 is 14.1 Å². The van der Waals surface area contributed by atoms with E-state index in [2.05, 4.69) is 20.8 Å². The first-order valence-corrected chi connectivity index (χ1v) is 10.6. The SMILES string of the molecule is CC(=O)Nc1cc(Oc2ccc3c(c2)nc(Nc2c(-c4ccccc4)noc2C)n3C)ccn1. The third-order valence-electron chi connectivity index (χ3n) is 5.27. The number of carbonyl (C=O) groups excluding carboxylic acids is 1. The van der Waals surface area contributed by atoms with Crippen LogP contribution in [0, 0.1) is 6.92 Å². The molecule has 0 radical (unpaired) electrons. The van der Waals surface area contributed by atoms with Crippen molar-refractivity contribution in [2.24, 2.45) is 7.05 Å². The van der Waals surface area contributed by atoms with Crippen molar-refractivity contribution in [3.05, 3.63) is 72.6 Å². The summed E-state index contributed by atoms with van der Waals surface area (Å²) in [6.07, 6.45) is 1.58. The van der Waals surface area contributed by atoms with E-state index in [0.29, 0.717) is 29.0 Å². The van der Waals surface area contributed by atoms with Crippen LogP contribution in [0.4, 0.5) is 17.5 Å². The lowest BCUT2D eigenvalue weighted by Gasteiger charge is -2.08. The average Bonchev–Trinajstić information content (AvgIpc) is 3.33. The van der Waals surface area contributed by atoms with Crippen LogP contribution in [0.15, 0.2) is 71.4 Å². The fraction of sp³-hybridized carbons (Fsp3) is 0.120. The van der Waals surface area contributed by atoms with E-state index in [1.165, 1.54) is 6.92 Å². The number of amides is 1. The first-order chi connectivity index (χ1) is 16.5. The summed E-state index contributed by atoms with van der Waals surface area (Å²) in [6.45, 7) is 3.29. The Morgan fingerprint density at radius 2 is 1.85 bits per heavy atom. The van der Waals surface area contributed by atoms with Crippen LogP contribution in [0.2, 0.25) is 0 Å². The summed E-state index contributed by atoms with van der Waals surface area (Å²) in [5, 5.41) is 10.3. The van der Waals surface area contributed by atoms with Crippen molar-refractivity contribution >= 4 is 34.4 Å². The number of rotatable bonds is 6.